The van der Waals surface area contributed by atoms with Crippen molar-refractivity contribution in [1.29, 1.82) is 0 Å². The number of hydrogen-bond acceptors (Lipinski definition) is 2. The molecule has 1 N–H and O–H groups in total. The average molecular weight is 282 g/mol. The van der Waals surface area contributed by atoms with Crippen molar-refractivity contribution in [2.45, 2.75) is 31.4 Å². The molecule has 1 aromatic rings. The first-order chi connectivity index (χ1) is 7.84. The third-order valence-corrected chi connectivity index (χ3v) is 4.04. The second-order valence-corrected chi connectivity index (χ2v) is 5.50. The molecule has 1 fully saturated rings. The molecule has 3 rings (SSSR count). The largest absolute Gasteiger partial charge is 0.372 e. The lowest BCUT2D eigenvalue weighted by Crippen LogP contribution is -2.33. The van der Waals surface area contributed by atoms with E-state index in [1.807, 2.05) is 0 Å². The van der Waals surface area contributed by atoms with Crippen molar-refractivity contribution < 1.29 is 4.74 Å². The van der Waals surface area contributed by atoms with Crippen LogP contribution in [0.15, 0.2) is 22.7 Å². The van der Waals surface area contributed by atoms with Crippen LogP contribution in [-0.4, -0.2) is 19.2 Å². The standard InChI is InChI=1S/C13H16BrNO/c14-10-3-4-11-9(8-10)5-7-16-13(11)12-2-1-6-15-12/h3-4,8,12-13,15H,1-2,5-7H2. The number of ether oxygens (including phenoxy) is 1. The number of nitrogens with one attached hydrogen (secondary N) is 1. The van der Waals surface area contributed by atoms with E-state index < -0.39 is 0 Å². The molecule has 2 heterocycles. The van der Waals surface area contributed by atoms with Crippen molar-refractivity contribution in [1.82, 2.24) is 5.32 Å². The van der Waals surface area contributed by atoms with Crippen LogP contribution < -0.4 is 5.32 Å². The van der Waals surface area contributed by atoms with E-state index in [1.54, 1.807) is 0 Å². The fraction of sp³-hybridized carbons (Fsp3) is 0.538. The summed E-state index contributed by atoms with van der Waals surface area (Å²) in [4.78, 5) is 0. The van der Waals surface area contributed by atoms with Gasteiger partial charge in [-0.15, -0.1) is 0 Å². The van der Waals surface area contributed by atoms with Crippen molar-refractivity contribution in [3.05, 3.63) is 33.8 Å². The summed E-state index contributed by atoms with van der Waals surface area (Å²) in [5, 5.41) is 3.55. The highest BCUT2D eigenvalue weighted by Gasteiger charge is 2.30. The minimum absolute atomic E-state index is 0.263. The molecule has 3 heteroatoms. The average Bonchev–Trinajstić information content (AvgIpc) is 2.81. The van der Waals surface area contributed by atoms with Gasteiger partial charge in [0.1, 0.15) is 0 Å². The van der Waals surface area contributed by atoms with Gasteiger partial charge in [0.05, 0.1) is 12.7 Å². The zero-order chi connectivity index (χ0) is 11.0. The molecule has 0 radical (unpaired) electrons. The second kappa shape index (κ2) is 4.47. The highest BCUT2D eigenvalue weighted by Crippen LogP contribution is 2.34. The maximum Gasteiger partial charge on any atom is 0.0980 e. The third kappa shape index (κ3) is 1.92. The predicted molar refractivity (Wildman–Crippen MR) is 67.6 cm³/mol. The molecular formula is C13H16BrNO. The van der Waals surface area contributed by atoms with E-state index in [0.29, 0.717) is 6.04 Å². The molecule has 0 spiro atoms. The lowest BCUT2D eigenvalue weighted by molar-refractivity contribution is 0.0199. The van der Waals surface area contributed by atoms with Crippen LogP contribution in [0.2, 0.25) is 0 Å². The summed E-state index contributed by atoms with van der Waals surface area (Å²) in [5.41, 5.74) is 2.83. The van der Waals surface area contributed by atoms with Crippen LogP contribution in [0.1, 0.15) is 30.1 Å². The molecule has 86 valence electrons. The molecule has 16 heavy (non-hydrogen) atoms. The SMILES string of the molecule is Brc1ccc2c(c1)CCOC2C1CCCN1. The fourth-order valence-electron chi connectivity index (χ4n) is 2.76. The lowest BCUT2D eigenvalue weighted by atomic mass is 9.92. The van der Waals surface area contributed by atoms with Gasteiger partial charge in [-0.05, 0) is 49.1 Å². The summed E-state index contributed by atoms with van der Waals surface area (Å²) in [6.07, 6.45) is 3.81. The van der Waals surface area contributed by atoms with Crippen LogP contribution in [0.4, 0.5) is 0 Å². The molecule has 0 saturated carbocycles. The molecule has 2 nitrogen and oxygen atoms in total. The lowest BCUT2D eigenvalue weighted by Gasteiger charge is -2.30. The van der Waals surface area contributed by atoms with Gasteiger partial charge in [-0.2, -0.15) is 0 Å². The Labute approximate surface area is 105 Å². The zero-order valence-electron chi connectivity index (χ0n) is 9.21. The van der Waals surface area contributed by atoms with Crippen LogP contribution in [0.5, 0.6) is 0 Å². The van der Waals surface area contributed by atoms with Crippen LogP contribution >= 0.6 is 15.9 Å². The monoisotopic (exact) mass is 281 g/mol. The van der Waals surface area contributed by atoms with E-state index in [1.165, 1.54) is 28.4 Å². The Morgan fingerprint density at radius 2 is 2.31 bits per heavy atom. The molecular weight excluding hydrogens is 266 g/mol. The number of fused-ring (bicyclic) bond motifs is 1. The molecule has 0 aliphatic carbocycles. The number of benzene rings is 1. The summed E-state index contributed by atoms with van der Waals surface area (Å²) < 4.78 is 7.12. The first-order valence-corrected chi connectivity index (χ1v) is 6.77. The van der Waals surface area contributed by atoms with Gasteiger partial charge in [0, 0.05) is 10.5 Å². The van der Waals surface area contributed by atoms with E-state index in [9.17, 15) is 0 Å². The van der Waals surface area contributed by atoms with Crippen LogP contribution in [-0.2, 0) is 11.2 Å². The third-order valence-electron chi connectivity index (χ3n) is 3.54. The Hall–Kier alpha value is -0.380. The van der Waals surface area contributed by atoms with Gasteiger partial charge in [-0.1, -0.05) is 22.0 Å². The summed E-state index contributed by atoms with van der Waals surface area (Å²) in [6.45, 7) is 1.99. The smallest absolute Gasteiger partial charge is 0.0980 e. The second-order valence-electron chi connectivity index (χ2n) is 4.59. The van der Waals surface area contributed by atoms with E-state index >= 15 is 0 Å². The van der Waals surface area contributed by atoms with E-state index in [0.717, 1.165) is 19.6 Å². The Morgan fingerprint density at radius 1 is 1.38 bits per heavy atom. The molecule has 2 aliphatic rings. The maximum absolute atomic E-state index is 5.95. The van der Waals surface area contributed by atoms with Gasteiger partial charge in [0.2, 0.25) is 0 Å². The summed E-state index contributed by atoms with van der Waals surface area (Å²) in [5.74, 6) is 0. The summed E-state index contributed by atoms with van der Waals surface area (Å²) >= 11 is 3.54. The van der Waals surface area contributed by atoms with E-state index in [4.69, 9.17) is 4.74 Å². The van der Waals surface area contributed by atoms with Gasteiger partial charge in [0.15, 0.2) is 0 Å². The number of hydrogen-bond donors (Lipinski definition) is 1. The molecule has 1 aromatic carbocycles. The highest BCUT2D eigenvalue weighted by atomic mass is 79.9. The Morgan fingerprint density at radius 3 is 3.12 bits per heavy atom. The molecule has 0 aromatic heterocycles. The molecule has 0 bridgehead atoms. The van der Waals surface area contributed by atoms with Crippen molar-refractivity contribution >= 4 is 15.9 Å². The van der Waals surface area contributed by atoms with Gasteiger partial charge < -0.3 is 10.1 Å². The van der Waals surface area contributed by atoms with E-state index in [2.05, 4.69) is 39.4 Å². The first kappa shape index (κ1) is 10.8. The van der Waals surface area contributed by atoms with Crippen molar-refractivity contribution in [2.24, 2.45) is 0 Å². The zero-order valence-corrected chi connectivity index (χ0v) is 10.8. The number of rotatable bonds is 1. The Balaban J connectivity index is 1.93. The van der Waals surface area contributed by atoms with Crippen molar-refractivity contribution in [2.75, 3.05) is 13.2 Å². The first-order valence-electron chi connectivity index (χ1n) is 5.98. The number of halogens is 1. The minimum Gasteiger partial charge on any atom is -0.372 e. The molecule has 1 saturated heterocycles. The quantitative estimate of drug-likeness (QED) is 0.855. The normalized spacial score (nSPS) is 29.1. The molecule has 2 unspecified atom stereocenters. The van der Waals surface area contributed by atoms with Crippen molar-refractivity contribution in [3.8, 4) is 0 Å². The fourth-order valence-corrected chi connectivity index (χ4v) is 3.17. The summed E-state index contributed by atoms with van der Waals surface area (Å²) in [7, 11) is 0. The van der Waals surface area contributed by atoms with Gasteiger partial charge in [-0.25, -0.2) is 0 Å². The van der Waals surface area contributed by atoms with Crippen LogP contribution in [0.25, 0.3) is 0 Å². The molecule has 2 aliphatic heterocycles. The Kier molecular flexibility index (Phi) is 3.01. The highest BCUT2D eigenvalue weighted by molar-refractivity contribution is 9.10. The topological polar surface area (TPSA) is 21.3 Å². The summed E-state index contributed by atoms with van der Waals surface area (Å²) in [6, 6.07) is 7.08. The van der Waals surface area contributed by atoms with Gasteiger partial charge in [-0.3, -0.25) is 0 Å². The van der Waals surface area contributed by atoms with Crippen molar-refractivity contribution in [3.63, 3.8) is 0 Å². The van der Waals surface area contributed by atoms with Crippen LogP contribution in [0.3, 0.4) is 0 Å². The van der Waals surface area contributed by atoms with Crippen LogP contribution in [0, 0.1) is 0 Å². The molecule has 2 atom stereocenters. The van der Waals surface area contributed by atoms with Gasteiger partial charge in [0.25, 0.3) is 0 Å². The van der Waals surface area contributed by atoms with E-state index in [-0.39, 0.29) is 6.10 Å². The Bertz CT molecular complexity index is 388. The van der Waals surface area contributed by atoms with Gasteiger partial charge >= 0.3 is 0 Å². The predicted octanol–water partition coefficient (Wildman–Crippen LogP) is 2.81. The molecule has 0 amide bonds. The minimum atomic E-state index is 0.263. The maximum atomic E-state index is 5.95.